The highest BCUT2D eigenvalue weighted by molar-refractivity contribution is 6.30. The van der Waals surface area contributed by atoms with Crippen LogP contribution in [0, 0.1) is 0 Å². The van der Waals surface area contributed by atoms with Crippen molar-refractivity contribution in [3.8, 4) is 5.75 Å². The summed E-state index contributed by atoms with van der Waals surface area (Å²) >= 11 is 5.96. The van der Waals surface area contributed by atoms with Crippen molar-refractivity contribution >= 4 is 11.6 Å². The first-order valence-corrected chi connectivity index (χ1v) is 5.10. The highest BCUT2D eigenvalue weighted by atomic mass is 35.5. The van der Waals surface area contributed by atoms with Crippen LogP contribution in [0.15, 0.2) is 12.1 Å². The molecule has 2 N–H and O–H groups in total. The topological polar surface area (TPSA) is 32.3 Å². The highest BCUT2D eigenvalue weighted by Crippen LogP contribution is 2.32. The van der Waals surface area contributed by atoms with E-state index in [1.807, 2.05) is 27.0 Å². The summed E-state index contributed by atoms with van der Waals surface area (Å²) in [5, 5.41) is 13.6. The smallest absolute Gasteiger partial charge is 0.123 e. The summed E-state index contributed by atoms with van der Waals surface area (Å²) in [4.78, 5) is 0. The molecule has 0 atom stereocenters. The van der Waals surface area contributed by atoms with Gasteiger partial charge in [-0.2, -0.15) is 0 Å². The molecule has 0 amide bonds. The first-order valence-electron chi connectivity index (χ1n) is 4.72. The van der Waals surface area contributed by atoms with E-state index in [2.05, 4.69) is 5.32 Å². The molecule has 14 heavy (non-hydrogen) atoms. The second-order valence-corrected chi connectivity index (χ2v) is 4.12. The van der Waals surface area contributed by atoms with Crippen LogP contribution in [-0.2, 0) is 6.54 Å². The van der Waals surface area contributed by atoms with Crippen LogP contribution in [0.5, 0.6) is 5.75 Å². The average Bonchev–Trinajstić information content (AvgIpc) is 2.10. The first-order chi connectivity index (χ1) is 6.56. The molecule has 1 aromatic rings. The summed E-state index contributed by atoms with van der Waals surface area (Å²) < 4.78 is 0. The van der Waals surface area contributed by atoms with Crippen LogP contribution in [0.3, 0.4) is 0 Å². The van der Waals surface area contributed by atoms with E-state index in [-0.39, 0.29) is 5.92 Å². The molecular formula is C11H16ClNO. The Hall–Kier alpha value is -0.730. The SMILES string of the molecule is CNCc1cc(Cl)cc(C(C)C)c1O. The van der Waals surface area contributed by atoms with Crippen LogP contribution >= 0.6 is 11.6 Å². The molecule has 0 aliphatic heterocycles. The van der Waals surface area contributed by atoms with Crippen LogP contribution in [0.25, 0.3) is 0 Å². The Balaban J connectivity index is 3.18. The molecule has 0 spiro atoms. The molecule has 1 rings (SSSR count). The lowest BCUT2D eigenvalue weighted by atomic mass is 9.99. The van der Waals surface area contributed by atoms with Crippen molar-refractivity contribution in [3.63, 3.8) is 0 Å². The molecule has 0 aliphatic rings. The van der Waals surface area contributed by atoms with E-state index in [1.54, 1.807) is 6.07 Å². The fourth-order valence-electron chi connectivity index (χ4n) is 1.44. The second-order valence-electron chi connectivity index (χ2n) is 3.69. The minimum atomic E-state index is 0.282. The van der Waals surface area contributed by atoms with Gasteiger partial charge in [-0.15, -0.1) is 0 Å². The molecule has 0 bridgehead atoms. The van der Waals surface area contributed by atoms with Gasteiger partial charge in [0, 0.05) is 17.1 Å². The van der Waals surface area contributed by atoms with Gasteiger partial charge in [0.05, 0.1) is 0 Å². The van der Waals surface area contributed by atoms with Crippen molar-refractivity contribution in [2.45, 2.75) is 26.3 Å². The fraction of sp³-hybridized carbons (Fsp3) is 0.455. The van der Waals surface area contributed by atoms with Crippen molar-refractivity contribution in [1.82, 2.24) is 5.32 Å². The standard InChI is InChI=1S/C11H16ClNO/c1-7(2)10-5-9(12)4-8(6-13-3)11(10)14/h4-5,7,13-14H,6H2,1-3H3. The Kier molecular flexibility index (Phi) is 3.78. The van der Waals surface area contributed by atoms with E-state index in [4.69, 9.17) is 11.6 Å². The quantitative estimate of drug-likeness (QED) is 0.810. The molecule has 0 saturated carbocycles. The third-order valence-electron chi connectivity index (χ3n) is 2.17. The summed E-state index contributed by atoms with van der Waals surface area (Å²) in [6, 6.07) is 3.61. The number of hydrogen-bond donors (Lipinski definition) is 2. The van der Waals surface area contributed by atoms with E-state index >= 15 is 0 Å². The molecule has 0 aromatic heterocycles. The number of phenolic OH excluding ortho intramolecular Hbond substituents is 1. The Morgan fingerprint density at radius 2 is 2.07 bits per heavy atom. The van der Waals surface area contributed by atoms with E-state index < -0.39 is 0 Å². The van der Waals surface area contributed by atoms with Crippen LogP contribution in [0.2, 0.25) is 5.02 Å². The maximum Gasteiger partial charge on any atom is 0.123 e. The van der Waals surface area contributed by atoms with Crippen molar-refractivity contribution in [1.29, 1.82) is 0 Å². The molecule has 0 radical (unpaired) electrons. The number of rotatable bonds is 3. The van der Waals surface area contributed by atoms with Gasteiger partial charge in [-0.05, 0) is 30.7 Å². The van der Waals surface area contributed by atoms with Crippen LogP contribution in [0.1, 0.15) is 30.9 Å². The molecular weight excluding hydrogens is 198 g/mol. The molecule has 0 heterocycles. The minimum Gasteiger partial charge on any atom is -0.507 e. The van der Waals surface area contributed by atoms with Gasteiger partial charge in [-0.3, -0.25) is 0 Å². The minimum absolute atomic E-state index is 0.282. The van der Waals surface area contributed by atoms with E-state index in [1.165, 1.54) is 0 Å². The third-order valence-corrected chi connectivity index (χ3v) is 2.39. The monoisotopic (exact) mass is 213 g/mol. The van der Waals surface area contributed by atoms with Gasteiger partial charge in [0.1, 0.15) is 5.75 Å². The molecule has 0 fully saturated rings. The van der Waals surface area contributed by atoms with Gasteiger partial charge in [-0.25, -0.2) is 0 Å². The van der Waals surface area contributed by atoms with Gasteiger partial charge in [0.2, 0.25) is 0 Å². The zero-order chi connectivity index (χ0) is 10.7. The van der Waals surface area contributed by atoms with Crippen molar-refractivity contribution in [2.24, 2.45) is 0 Å². The zero-order valence-electron chi connectivity index (χ0n) is 8.76. The predicted octanol–water partition coefficient (Wildman–Crippen LogP) is 2.89. The van der Waals surface area contributed by atoms with E-state index in [0.717, 1.165) is 11.1 Å². The first kappa shape index (κ1) is 11.3. The molecule has 2 nitrogen and oxygen atoms in total. The Bertz CT molecular complexity index is 323. The van der Waals surface area contributed by atoms with Gasteiger partial charge in [0.15, 0.2) is 0 Å². The van der Waals surface area contributed by atoms with Crippen molar-refractivity contribution < 1.29 is 5.11 Å². The predicted molar refractivity (Wildman–Crippen MR) is 60.0 cm³/mol. The summed E-state index contributed by atoms with van der Waals surface area (Å²) in [6.45, 7) is 4.70. The maximum absolute atomic E-state index is 9.92. The number of nitrogens with one attached hydrogen (secondary N) is 1. The maximum atomic E-state index is 9.92. The summed E-state index contributed by atoms with van der Waals surface area (Å²) in [7, 11) is 1.84. The second kappa shape index (κ2) is 4.67. The zero-order valence-corrected chi connectivity index (χ0v) is 9.52. The number of halogens is 1. The van der Waals surface area contributed by atoms with E-state index in [0.29, 0.717) is 17.3 Å². The normalized spacial score (nSPS) is 10.9. The van der Waals surface area contributed by atoms with Gasteiger partial charge >= 0.3 is 0 Å². The van der Waals surface area contributed by atoms with Crippen LogP contribution in [-0.4, -0.2) is 12.2 Å². The van der Waals surface area contributed by atoms with Crippen LogP contribution in [0.4, 0.5) is 0 Å². The molecule has 1 aromatic carbocycles. The Labute approximate surface area is 89.9 Å². The molecule has 0 unspecified atom stereocenters. The molecule has 3 heteroatoms. The lowest BCUT2D eigenvalue weighted by molar-refractivity contribution is 0.456. The Morgan fingerprint density at radius 3 is 2.57 bits per heavy atom. The summed E-state index contributed by atoms with van der Waals surface area (Å²) in [6.07, 6.45) is 0. The number of phenols is 1. The average molecular weight is 214 g/mol. The van der Waals surface area contributed by atoms with Gasteiger partial charge in [0.25, 0.3) is 0 Å². The van der Waals surface area contributed by atoms with Gasteiger partial charge in [-0.1, -0.05) is 25.4 Å². The number of benzene rings is 1. The third kappa shape index (κ3) is 2.40. The molecule has 0 saturated heterocycles. The molecule has 78 valence electrons. The highest BCUT2D eigenvalue weighted by Gasteiger charge is 2.11. The summed E-state index contributed by atoms with van der Waals surface area (Å²) in [5.41, 5.74) is 1.76. The Morgan fingerprint density at radius 1 is 1.43 bits per heavy atom. The van der Waals surface area contributed by atoms with Crippen LogP contribution < -0.4 is 5.32 Å². The lowest BCUT2D eigenvalue weighted by Gasteiger charge is -2.13. The van der Waals surface area contributed by atoms with E-state index in [9.17, 15) is 5.11 Å². The number of hydrogen-bond acceptors (Lipinski definition) is 2. The molecule has 0 aliphatic carbocycles. The largest absolute Gasteiger partial charge is 0.507 e. The summed E-state index contributed by atoms with van der Waals surface area (Å²) in [5.74, 6) is 0.642. The fourth-order valence-corrected chi connectivity index (χ4v) is 1.69. The van der Waals surface area contributed by atoms with Crippen molar-refractivity contribution in [3.05, 3.63) is 28.3 Å². The van der Waals surface area contributed by atoms with Gasteiger partial charge < -0.3 is 10.4 Å². The number of aromatic hydroxyl groups is 1. The lowest BCUT2D eigenvalue weighted by Crippen LogP contribution is -2.06. The van der Waals surface area contributed by atoms with Crippen molar-refractivity contribution in [2.75, 3.05) is 7.05 Å².